The molecule has 0 bridgehead atoms. The largest absolute Gasteiger partial charge is 0.395 e. The molecule has 0 unspecified atom stereocenters. The monoisotopic (exact) mass is 311 g/mol. The molecule has 0 atom stereocenters. The van der Waals surface area contributed by atoms with Gasteiger partial charge in [-0.15, -0.1) is 0 Å². The molecule has 0 heterocycles. The predicted molar refractivity (Wildman–Crippen MR) is 81.4 cm³/mol. The van der Waals surface area contributed by atoms with E-state index in [1.165, 1.54) is 0 Å². The summed E-state index contributed by atoms with van der Waals surface area (Å²) < 4.78 is 32.1. The van der Waals surface area contributed by atoms with Crippen molar-refractivity contribution in [2.24, 2.45) is 0 Å². The number of nitrogens with one attached hydrogen (secondary N) is 1. The molecule has 0 aliphatic heterocycles. The van der Waals surface area contributed by atoms with Gasteiger partial charge in [0.25, 0.3) is 0 Å². The second-order valence-corrected chi connectivity index (χ2v) is 6.09. The van der Waals surface area contributed by atoms with Crippen molar-refractivity contribution in [3.63, 3.8) is 0 Å². The lowest BCUT2D eigenvalue weighted by Gasteiger charge is -2.09. The number of aliphatic hydroxyl groups excluding tert-OH is 1. The maximum absolute atomic E-state index is 12.2. The van der Waals surface area contributed by atoms with Crippen molar-refractivity contribution in [1.82, 2.24) is 4.72 Å². The fourth-order valence-corrected chi connectivity index (χ4v) is 2.94. The molecule has 21 heavy (non-hydrogen) atoms. The van der Waals surface area contributed by atoms with E-state index >= 15 is 0 Å². The van der Waals surface area contributed by atoms with E-state index in [9.17, 15) is 8.42 Å². The van der Waals surface area contributed by atoms with E-state index in [0.717, 1.165) is 0 Å². The Balaban J connectivity index is 2.90. The van der Waals surface area contributed by atoms with Crippen molar-refractivity contribution in [1.29, 1.82) is 0 Å². The summed E-state index contributed by atoms with van der Waals surface area (Å²) in [5, 5.41) is 8.69. The Labute approximate surface area is 126 Å². The minimum Gasteiger partial charge on any atom is -0.395 e. The first-order valence-corrected chi connectivity index (χ1v) is 8.27. The van der Waals surface area contributed by atoms with Gasteiger partial charge in [0, 0.05) is 25.1 Å². The van der Waals surface area contributed by atoms with Crippen molar-refractivity contribution in [2.45, 2.75) is 25.2 Å². The van der Waals surface area contributed by atoms with Crippen LogP contribution in [0.2, 0.25) is 0 Å². The lowest BCUT2D eigenvalue weighted by molar-refractivity contribution is 0.153. The summed E-state index contributed by atoms with van der Waals surface area (Å²) >= 11 is 0. The van der Waals surface area contributed by atoms with Crippen LogP contribution in [0.5, 0.6) is 0 Å². The van der Waals surface area contributed by atoms with Crippen LogP contribution in [0.4, 0.5) is 0 Å². The molecule has 1 aromatic rings. The van der Waals surface area contributed by atoms with Crippen molar-refractivity contribution >= 4 is 10.0 Å². The molecule has 2 N–H and O–H groups in total. The number of benzene rings is 1. The third-order valence-electron chi connectivity index (χ3n) is 2.69. The second kappa shape index (κ2) is 8.80. The fourth-order valence-electron chi connectivity index (χ4n) is 1.66. The van der Waals surface area contributed by atoms with Gasteiger partial charge in [-0.1, -0.05) is 17.9 Å². The van der Waals surface area contributed by atoms with Crippen LogP contribution in [0.15, 0.2) is 23.1 Å². The highest BCUT2D eigenvalue weighted by Crippen LogP contribution is 2.16. The Bertz CT molecular complexity index is 614. The van der Waals surface area contributed by atoms with E-state index in [1.54, 1.807) is 25.1 Å². The maximum Gasteiger partial charge on any atom is 0.240 e. The molecule has 0 aliphatic rings. The molecule has 116 valence electrons. The summed E-state index contributed by atoms with van der Waals surface area (Å²) in [5.74, 6) is 5.61. The zero-order valence-electron chi connectivity index (χ0n) is 12.3. The van der Waals surface area contributed by atoms with Crippen molar-refractivity contribution < 1.29 is 18.3 Å². The van der Waals surface area contributed by atoms with E-state index in [4.69, 9.17) is 9.84 Å². The number of hydrogen-bond donors (Lipinski definition) is 2. The zero-order chi connectivity index (χ0) is 15.7. The van der Waals surface area contributed by atoms with Gasteiger partial charge in [0.2, 0.25) is 10.0 Å². The van der Waals surface area contributed by atoms with Gasteiger partial charge in [-0.2, -0.15) is 0 Å². The van der Waals surface area contributed by atoms with Crippen LogP contribution in [0.3, 0.4) is 0 Å². The van der Waals surface area contributed by atoms with Crippen LogP contribution in [0.25, 0.3) is 0 Å². The van der Waals surface area contributed by atoms with Crippen LogP contribution in [0.1, 0.15) is 24.5 Å². The second-order valence-electron chi connectivity index (χ2n) is 4.35. The normalized spacial score (nSPS) is 11.0. The van der Waals surface area contributed by atoms with Gasteiger partial charge in [-0.3, -0.25) is 0 Å². The third-order valence-corrected chi connectivity index (χ3v) is 4.29. The van der Waals surface area contributed by atoms with E-state index in [2.05, 4.69) is 16.6 Å². The average molecular weight is 311 g/mol. The summed E-state index contributed by atoms with van der Waals surface area (Å²) in [7, 11) is -3.57. The Morgan fingerprint density at radius 2 is 2.14 bits per heavy atom. The maximum atomic E-state index is 12.2. The highest BCUT2D eigenvalue weighted by atomic mass is 32.2. The molecule has 0 saturated carbocycles. The van der Waals surface area contributed by atoms with Crippen LogP contribution in [-0.4, -0.2) is 39.9 Å². The van der Waals surface area contributed by atoms with Gasteiger partial charge in [0.15, 0.2) is 0 Å². The fraction of sp³-hybridized carbons (Fsp3) is 0.467. The first-order chi connectivity index (χ1) is 10.0. The molecule has 1 aromatic carbocycles. The molecular weight excluding hydrogens is 290 g/mol. The topological polar surface area (TPSA) is 75.6 Å². The molecule has 5 nitrogen and oxygen atoms in total. The van der Waals surface area contributed by atoms with Crippen molar-refractivity contribution in [3.8, 4) is 11.8 Å². The Morgan fingerprint density at radius 3 is 2.81 bits per heavy atom. The number of aliphatic hydroxyl groups is 1. The summed E-state index contributed by atoms with van der Waals surface area (Å²) in [4.78, 5) is 0.217. The Hall–Kier alpha value is -1.39. The number of aryl methyl sites for hydroxylation is 1. The Kier molecular flexibility index (Phi) is 7.40. The molecule has 1 rings (SSSR count). The zero-order valence-corrected chi connectivity index (χ0v) is 13.2. The first kappa shape index (κ1) is 17.7. The first-order valence-electron chi connectivity index (χ1n) is 6.79. The molecule has 0 spiro atoms. The van der Waals surface area contributed by atoms with E-state index in [1.807, 2.05) is 6.92 Å². The van der Waals surface area contributed by atoms with Crippen LogP contribution in [0, 0.1) is 18.8 Å². The number of ether oxygens (including phenoxy) is 1. The Morgan fingerprint density at radius 1 is 1.38 bits per heavy atom. The molecule has 6 heteroatoms. The number of sulfonamides is 1. The van der Waals surface area contributed by atoms with Gasteiger partial charge in [0.05, 0.1) is 18.1 Å². The smallest absolute Gasteiger partial charge is 0.240 e. The third kappa shape index (κ3) is 5.86. The lowest BCUT2D eigenvalue weighted by Crippen LogP contribution is -2.28. The van der Waals surface area contributed by atoms with Gasteiger partial charge in [-0.25, -0.2) is 13.1 Å². The van der Waals surface area contributed by atoms with Gasteiger partial charge in [-0.05, 0) is 31.5 Å². The minimum atomic E-state index is -3.57. The summed E-state index contributed by atoms with van der Waals surface area (Å²) in [6, 6.07) is 5.03. The highest BCUT2D eigenvalue weighted by molar-refractivity contribution is 7.89. The molecule has 0 amide bonds. The van der Waals surface area contributed by atoms with Gasteiger partial charge < -0.3 is 9.84 Å². The summed E-state index contributed by atoms with van der Waals surface area (Å²) in [6.45, 7) is 4.70. The number of rotatable bonds is 7. The van der Waals surface area contributed by atoms with E-state index in [-0.39, 0.29) is 18.0 Å². The number of hydrogen-bond acceptors (Lipinski definition) is 4. The lowest BCUT2D eigenvalue weighted by atomic mass is 10.1. The van der Waals surface area contributed by atoms with Crippen molar-refractivity contribution in [3.05, 3.63) is 29.3 Å². The molecule has 0 radical (unpaired) electrons. The van der Waals surface area contributed by atoms with E-state index < -0.39 is 10.0 Å². The van der Waals surface area contributed by atoms with Crippen LogP contribution in [-0.2, 0) is 14.8 Å². The van der Waals surface area contributed by atoms with Gasteiger partial charge >= 0.3 is 0 Å². The predicted octanol–water partition coefficient (Wildman–Crippen LogP) is 1.04. The van der Waals surface area contributed by atoms with E-state index in [0.29, 0.717) is 30.8 Å². The standard InChI is InChI=1S/C15H21NO4S/c1-3-20-11-9-16-21(18,19)15-12-14(6-4-5-10-17)8-7-13(15)2/h7-8,12,16-17H,3,5,9-11H2,1-2H3. The average Bonchev–Trinajstić information content (AvgIpc) is 2.45. The molecule has 0 aliphatic carbocycles. The quantitative estimate of drug-likeness (QED) is 0.583. The molecule has 0 saturated heterocycles. The summed E-state index contributed by atoms with van der Waals surface area (Å²) in [5.41, 5.74) is 1.27. The minimum absolute atomic E-state index is 0.0109. The summed E-state index contributed by atoms with van der Waals surface area (Å²) in [6.07, 6.45) is 0.364. The molecule has 0 aromatic heterocycles. The van der Waals surface area contributed by atoms with Crippen LogP contribution < -0.4 is 4.72 Å². The van der Waals surface area contributed by atoms with Crippen LogP contribution >= 0.6 is 0 Å². The molecular formula is C15H21NO4S. The van der Waals surface area contributed by atoms with Gasteiger partial charge in [0.1, 0.15) is 0 Å². The molecule has 0 fully saturated rings. The highest BCUT2D eigenvalue weighted by Gasteiger charge is 2.16. The SMILES string of the molecule is CCOCCNS(=O)(=O)c1cc(C#CCCO)ccc1C. The van der Waals surface area contributed by atoms with Crippen molar-refractivity contribution in [2.75, 3.05) is 26.4 Å².